The standard InChI is InChI=1S/C26H34F3N5O5/c1-25(2,3)39-24(37)34-12-11-33(20(15-34)26(27,28)29)10-5-13-38-16-6-7-17-19(14-16)32(4)31-22(17)18-8-9-21(35)30-23(18)36/h6-7,14,18,20H,5,8-13,15H2,1-4H3,(H,30,35,36). The number of aromatic nitrogens is 2. The van der Waals surface area contributed by atoms with Gasteiger partial charge in [-0.1, -0.05) is 0 Å². The monoisotopic (exact) mass is 553 g/mol. The number of carbonyl (C=O) groups excluding carboxylic acids is 3. The highest BCUT2D eigenvalue weighted by atomic mass is 19.4. The molecule has 39 heavy (non-hydrogen) atoms. The molecule has 0 aliphatic carbocycles. The van der Waals surface area contributed by atoms with E-state index in [0.29, 0.717) is 24.3 Å². The minimum absolute atomic E-state index is 0.0769. The molecule has 0 bridgehead atoms. The van der Waals surface area contributed by atoms with Gasteiger partial charge in [-0.15, -0.1) is 0 Å². The molecule has 2 saturated heterocycles. The lowest BCUT2D eigenvalue weighted by molar-refractivity contribution is -0.195. The van der Waals surface area contributed by atoms with Crippen molar-refractivity contribution in [3.63, 3.8) is 0 Å². The molecule has 1 N–H and O–H groups in total. The summed E-state index contributed by atoms with van der Waals surface area (Å²) in [4.78, 5) is 38.6. The van der Waals surface area contributed by atoms with Crippen LogP contribution in [0.4, 0.5) is 18.0 Å². The van der Waals surface area contributed by atoms with Crippen LogP contribution in [0.2, 0.25) is 0 Å². The summed E-state index contributed by atoms with van der Waals surface area (Å²) in [5.41, 5.74) is 0.542. The van der Waals surface area contributed by atoms with Crippen LogP contribution in [0, 0.1) is 0 Å². The third kappa shape index (κ3) is 6.81. The lowest BCUT2D eigenvalue weighted by Crippen LogP contribution is -2.60. The van der Waals surface area contributed by atoms with E-state index < -0.39 is 36.4 Å². The van der Waals surface area contributed by atoms with Crippen molar-refractivity contribution in [2.45, 2.75) is 63.8 Å². The smallest absolute Gasteiger partial charge is 0.410 e. The number of hydrogen-bond acceptors (Lipinski definition) is 7. The molecular weight excluding hydrogens is 519 g/mol. The minimum atomic E-state index is -4.49. The van der Waals surface area contributed by atoms with Crippen molar-refractivity contribution in [2.75, 3.05) is 32.8 Å². The Balaban J connectivity index is 1.34. The molecule has 2 fully saturated rings. The molecule has 10 nitrogen and oxygen atoms in total. The minimum Gasteiger partial charge on any atom is -0.493 e. The summed E-state index contributed by atoms with van der Waals surface area (Å²) in [6.45, 7) is 5.11. The molecule has 3 heterocycles. The number of fused-ring (bicyclic) bond motifs is 1. The van der Waals surface area contributed by atoms with Gasteiger partial charge in [-0.05, 0) is 45.7 Å². The van der Waals surface area contributed by atoms with Gasteiger partial charge >= 0.3 is 12.3 Å². The second-order valence-corrected chi connectivity index (χ2v) is 10.9. The maximum absolute atomic E-state index is 13.8. The van der Waals surface area contributed by atoms with Gasteiger partial charge in [0.25, 0.3) is 0 Å². The van der Waals surface area contributed by atoms with E-state index in [9.17, 15) is 27.6 Å². The zero-order valence-electron chi connectivity index (χ0n) is 22.5. The number of aryl methyl sites for hydroxylation is 1. The third-order valence-corrected chi connectivity index (χ3v) is 6.80. The van der Waals surface area contributed by atoms with Gasteiger partial charge in [0.15, 0.2) is 0 Å². The molecule has 13 heteroatoms. The number of nitrogens with zero attached hydrogens (tertiary/aromatic N) is 4. The number of nitrogens with one attached hydrogen (secondary N) is 1. The Morgan fingerprint density at radius 1 is 1.18 bits per heavy atom. The Morgan fingerprint density at radius 2 is 1.92 bits per heavy atom. The zero-order chi connectivity index (χ0) is 28.5. The Hall–Kier alpha value is -3.35. The molecule has 214 valence electrons. The molecule has 0 saturated carbocycles. The van der Waals surface area contributed by atoms with Crippen LogP contribution in [0.15, 0.2) is 18.2 Å². The lowest BCUT2D eigenvalue weighted by atomic mass is 9.93. The van der Waals surface area contributed by atoms with Crippen molar-refractivity contribution in [2.24, 2.45) is 7.05 Å². The van der Waals surface area contributed by atoms with E-state index in [0.717, 1.165) is 15.8 Å². The zero-order valence-corrected chi connectivity index (χ0v) is 22.5. The van der Waals surface area contributed by atoms with Crippen LogP contribution in [-0.2, 0) is 21.4 Å². The summed E-state index contributed by atoms with van der Waals surface area (Å²) in [6, 6.07) is 3.52. The number of rotatable bonds is 6. The quantitative estimate of drug-likeness (QED) is 0.432. The first-order valence-corrected chi connectivity index (χ1v) is 12.9. The summed E-state index contributed by atoms with van der Waals surface area (Å²) < 4.78 is 54.1. The number of carbonyl (C=O) groups is 3. The van der Waals surface area contributed by atoms with E-state index >= 15 is 0 Å². The number of ether oxygens (including phenoxy) is 2. The van der Waals surface area contributed by atoms with Crippen LogP contribution < -0.4 is 10.1 Å². The van der Waals surface area contributed by atoms with E-state index in [4.69, 9.17) is 9.47 Å². The van der Waals surface area contributed by atoms with E-state index in [1.807, 2.05) is 0 Å². The van der Waals surface area contributed by atoms with Crippen molar-refractivity contribution < 1.29 is 37.0 Å². The Morgan fingerprint density at radius 3 is 2.59 bits per heavy atom. The summed E-state index contributed by atoms with van der Waals surface area (Å²) in [5, 5.41) is 7.62. The molecule has 1 aromatic heterocycles. The molecule has 2 aliphatic heterocycles. The molecule has 2 aromatic rings. The predicted molar refractivity (Wildman–Crippen MR) is 135 cm³/mol. The molecular formula is C26H34F3N5O5. The average molecular weight is 554 g/mol. The van der Waals surface area contributed by atoms with Gasteiger partial charge in [0.2, 0.25) is 11.8 Å². The van der Waals surface area contributed by atoms with Gasteiger partial charge in [-0.25, -0.2) is 4.79 Å². The number of imide groups is 1. The van der Waals surface area contributed by atoms with Gasteiger partial charge in [-0.3, -0.25) is 24.5 Å². The van der Waals surface area contributed by atoms with Crippen LogP contribution in [0.5, 0.6) is 5.75 Å². The molecule has 0 spiro atoms. The first kappa shape index (κ1) is 28.7. The first-order valence-electron chi connectivity index (χ1n) is 12.9. The van der Waals surface area contributed by atoms with Gasteiger partial charge in [0.1, 0.15) is 17.4 Å². The normalized spacial score (nSPS) is 21.3. The Labute approximate surface area is 224 Å². The van der Waals surface area contributed by atoms with Crippen molar-refractivity contribution in [3.05, 3.63) is 23.9 Å². The number of alkyl halides is 3. The Kier molecular flexibility index (Phi) is 8.10. The molecule has 2 atom stereocenters. The fourth-order valence-corrected chi connectivity index (χ4v) is 4.92. The topological polar surface area (TPSA) is 106 Å². The largest absolute Gasteiger partial charge is 0.493 e. The van der Waals surface area contributed by atoms with E-state index in [-0.39, 0.29) is 44.5 Å². The van der Waals surface area contributed by atoms with Gasteiger partial charge in [0, 0.05) is 51.1 Å². The second-order valence-electron chi connectivity index (χ2n) is 10.9. The maximum Gasteiger partial charge on any atom is 0.410 e. The maximum atomic E-state index is 13.8. The molecule has 2 unspecified atom stereocenters. The number of benzene rings is 1. The van der Waals surface area contributed by atoms with Crippen LogP contribution in [0.25, 0.3) is 10.9 Å². The van der Waals surface area contributed by atoms with Crippen LogP contribution in [0.3, 0.4) is 0 Å². The number of halogens is 3. The second kappa shape index (κ2) is 11.0. The average Bonchev–Trinajstić information content (AvgIpc) is 3.15. The van der Waals surface area contributed by atoms with Gasteiger partial charge < -0.3 is 14.4 Å². The molecule has 1 aromatic carbocycles. The third-order valence-electron chi connectivity index (χ3n) is 6.80. The highest BCUT2D eigenvalue weighted by molar-refractivity contribution is 6.02. The summed E-state index contributed by atoms with van der Waals surface area (Å²) in [7, 11) is 1.75. The molecule has 4 rings (SSSR count). The van der Waals surface area contributed by atoms with Crippen LogP contribution in [-0.4, -0.2) is 88.1 Å². The summed E-state index contributed by atoms with van der Waals surface area (Å²) in [5.74, 6) is -0.646. The first-order chi connectivity index (χ1) is 18.2. The fraction of sp³-hybridized carbons (Fsp3) is 0.615. The lowest BCUT2D eigenvalue weighted by Gasteiger charge is -2.42. The van der Waals surface area contributed by atoms with Gasteiger partial charge in [-0.2, -0.15) is 18.3 Å². The summed E-state index contributed by atoms with van der Waals surface area (Å²) >= 11 is 0. The van der Waals surface area contributed by atoms with Crippen molar-refractivity contribution >= 4 is 28.8 Å². The van der Waals surface area contributed by atoms with E-state index in [2.05, 4.69) is 10.4 Å². The Bertz CT molecular complexity index is 1240. The van der Waals surface area contributed by atoms with Crippen LogP contribution >= 0.6 is 0 Å². The van der Waals surface area contributed by atoms with E-state index in [1.54, 1.807) is 50.7 Å². The highest BCUT2D eigenvalue weighted by Gasteiger charge is 2.47. The number of piperazine rings is 1. The van der Waals surface area contributed by atoms with E-state index in [1.165, 1.54) is 4.90 Å². The SMILES string of the molecule is Cn1nc(C2CCC(=O)NC2=O)c2ccc(OCCCN3CCN(C(=O)OC(C)(C)C)CC3C(F)(F)F)cc21. The number of piperidine rings is 1. The molecule has 3 amide bonds. The highest BCUT2D eigenvalue weighted by Crippen LogP contribution is 2.32. The number of amides is 3. The van der Waals surface area contributed by atoms with Crippen LogP contribution in [0.1, 0.15) is 51.6 Å². The van der Waals surface area contributed by atoms with Crippen molar-refractivity contribution in [1.82, 2.24) is 24.9 Å². The predicted octanol–water partition coefficient (Wildman–Crippen LogP) is 3.35. The molecule has 2 aliphatic rings. The number of hydrogen-bond donors (Lipinski definition) is 1. The molecule has 0 radical (unpaired) electrons. The summed E-state index contributed by atoms with van der Waals surface area (Å²) in [6.07, 6.45) is -4.25. The fourth-order valence-electron chi connectivity index (χ4n) is 4.92. The van der Waals surface area contributed by atoms with Crippen molar-refractivity contribution in [1.29, 1.82) is 0 Å². The van der Waals surface area contributed by atoms with Gasteiger partial charge in [0.05, 0.1) is 23.7 Å². The van der Waals surface area contributed by atoms with Crippen molar-refractivity contribution in [3.8, 4) is 5.75 Å².